The second-order valence-electron chi connectivity index (χ2n) is 5.91. The van der Waals surface area contributed by atoms with Gasteiger partial charge in [0.15, 0.2) is 5.82 Å². The molecule has 0 unspecified atom stereocenters. The number of morpholine rings is 1. The molecule has 0 bridgehead atoms. The zero-order chi connectivity index (χ0) is 16.1. The summed E-state index contributed by atoms with van der Waals surface area (Å²) in [5.41, 5.74) is 1.25. The molecule has 1 aliphatic heterocycles. The lowest BCUT2D eigenvalue weighted by molar-refractivity contribution is -0.0368. The van der Waals surface area contributed by atoms with Crippen LogP contribution in [0.1, 0.15) is 18.5 Å². The topological polar surface area (TPSA) is 54.4 Å². The molecule has 3 heterocycles. The standard InChI is InChI=1S/C17H23N5O/c1-14(15-5-3-7-18-11-15)22-9-10-23-16(13-22)12-21(2)17-6-4-8-19-20-17/h3-8,11,14,16H,9-10,12-13H2,1-2H3/t14-,16+/m0/s1. The fourth-order valence-electron chi connectivity index (χ4n) is 2.93. The molecular formula is C17H23N5O. The van der Waals surface area contributed by atoms with Gasteiger partial charge in [0.2, 0.25) is 0 Å². The molecule has 0 N–H and O–H groups in total. The van der Waals surface area contributed by atoms with Crippen molar-refractivity contribution in [3.05, 3.63) is 48.4 Å². The van der Waals surface area contributed by atoms with Crippen molar-refractivity contribution in [2.75, 3.05) is 38.2 Å². The van der Waals surface area contributed by atoms with Crippen molar-refractivity contribution in [3.8, 4) is 0 Å². The molecule has 1 saturated heterocycles. The summed E-state index contributed by atoms with van der Waals surface area (Å²) in [4.78, 5) is 8.77. The number of nitrogens with zero attached hydrogens (tertiary/aromatic N) is 5. The molecule has 6 nitrogen and oxygen atoms in total. The van der Waals surface area contributed by atoms with Crippen LogP contribution in [-0.2, 0) is 4.74 Å². The Bertz CT molecular complexity index is 594. The van der Waals surface area contributed by atoms with E-state index < -0.39 is 0 Å². The van der Waals surface area contributed by atoms with Gasteiger partial charge in [0.1, 0.15) is 0 Å². The van der Waals surface area contributed by atoms with Crippen LogP contribution in [0.3, 0.4) is 0 Å². The highest BCUT2D eigenvalue weighted by Gasteiger charge is 2.26. The minimum atomic E-state index is 0.162. The summed E-state index contributed by atoms with van der Waals surface area (Å²) in [7, 11) is 2.02. The molecule has 1 fully saturated rings. The van der Waals surface area contributed by atoms with E-state index in [-0.39, 0.29) is 6.10 Å². The molecule has 23 heavy (non-hydrogen) atoms. The molecule has 0 amide bonds. The van der Waals surface area contributed by atoms with Gasteiger partial charge in [-0.1, -0.05) is 6.07 Å². The van der Waals surface area contributed by atoms with Crippen molar-refractivity contribution < 1.29 is 4.74 Å². The number of anilines is 1. The highest BCUT2D eigenvalue weighted by atomic mass is 16.5. The zero-order valence-electron chi connectivity index (χ0n) is 13.7. The van der Waals surface area contributed by atoms with E-state index in [0.29, 0.717) is 6.04 Å². The van der Waals surface area contributed by atoms with Crippen LogP contribution in [0.15, 0.2) is 42.9 Å². The van der Waals surface area contributed by atoms with Crippen LogP contribution in [-0.4, -0.2) is 59.5 Å². The SMILES string of the molecule is C[C@@H](c1cccnc1)N1CCO[C@H](CN(C)c2cccnn2)C1. The van der Waals surface area contributed by atoms with Gasteiger partial charge in [-0.15, -0.1) is 5.10 Å². The number of pyridine rings is 1. The van der Waals surface area contributed by atoms with Gasteiger partial charge in [0.05, 0.1) is 12.7 Å². The molecule has 0 saturated carbocycles. The van der Waals surface area contributed by atoms with Crippen molar-refractivity contribution in [1.82, 2.24) is 20.1 Å². The van der Waals surface area contributed by atoms with Crippen molar-refractivity contribution in [2.45, 2.75) is 19.1 Å². The van der Waals surface area contributed by atoms with E-state index in [2.05, 4.69) is 38.0 Å². The van der Waals surface area contributed by atoms with Crippen LogP contribution >= 0.6 is 0 Å². The van der Waals surface area contributed by atoms with Gasteiger partial charge < -0.3 is 9.64 Å². The molecule has 0 spiro atoms. The first-order valence-corrected chi connectivity index (χ1v) is 7.98. The van der Waals surface area contributed by atoms with Gasteiger partial charge in [-0.25, -0.2) is 0 Å². The van der Waals surface area contributed by atoms with Crippen LogP contribution in [0.25, 0.3) is 0 Å². The van der Waals surface area contributed by atoms with E-state index in [1.165, 1.54) is 5.56 Å². The number of hydrogen-bond donors (Lipinski definition) is 0. The summed E-state index contributed by atoms with van der Waals surface area (Å²) in [5, 5.41) is 8.08. The largest absolute Gasteiger partial charge is 0.374 e. The van der Waals surface area contributed by atoms with Crippen LogP contribution in [0.5, 0.6) is 0 Å². The van der Waals surface area contributed by atoms with Crippen molar-refractivity contribution >= 4 is 5.82 Å². The summed E-state index contributed by atoms with van der Waals surface area (Å²) in [6.07, 6.45) is 5.61. The Morgan fingerprint density at radius 2 is 2.22 bits per heavy atom. The fraction of sp³-hybridized carbons (Fsp3) is 0.471. The highest BCUT2D eigenvalue weighted by molar-refractivity contribution is 5.35. The fourth-order valence-corrected chi connectivity index (χ4v) is 2.93. The Labute approximate surface area is 137 Å². The van der Waals surface area contributed by atoms with Gasteiger partial charge in [-0.05, 0) is 30.7 Å². The molecule has 122 valence electrons. The summed E-state index contributed by atoms with van der Waals surface area (Å²) < 4.78 is 5.94. The average Bonchev–Trinajstić information content (AvgIpc) is 2.63. The van der Waals surface area contributed by atoms with Gasteiger partial charge >= 0.3 is 0 Å². The summed E-state index contributed by atoms with van der Waals surface area (Å²) in [6.45, 7) is 5.63. The first-order chi connectivity index (χ1) is 11.2. The minimum absolute atomic E-state index is 0.162. The summed E-state index contributed by atoms with van der Waals surface area (Å²) in [5.74, 6) is 0.869. The number of hydrogen-bond acceptors (Lipinski definition) is 6. The zero-order valence-corrected chi connectivity index (χ0v) is 13.7. The van der Waals surface area contributed by atoms with Gasteiger partial charge in [-0.2, -0.15) is 5.10 Å². The van der Waals surface area contributed by atoms with E-state index in [4.69, 9.17) is 4.74 Å². The molecule has 2 aromatic rings. The van der Waals surface area contributed by atoms with Crippen LogP contribution in [0.2, 0.25) is 0 Å². The maximum atomic E-state index is 5.94. The molecular weight excluding hydrogens is 290 g/mol. The van der Waals surface area contributed by atoms with E-state index >= 15 is 0 Å². The first-order valence-electron chi connectivity index (χ1n) is 7.98. The number of likely N-dealkylation sites (N-methyl/N-ethyl adjacent to an activating group) is 1. The highest BCUT2D eigenvalue weighted by Crippen LogP contribution is 2.22. The van der Waals surface area contributed by atoms with Gasteiger partial charge in [0, 0.05) is 51.3 Å². The predicted molar refractivity (Wildman–Crippen MR) is 89.3 cm³/mol. The quantitative estimate of drug-likeness (QED) is 0.838. The Kier molecular flexibility index (Phi) is 5.15. The van der Waals surface area contributed by atoms with Gasteiger partial charge in [-0.3, -0.25) is 9.88 Å². The lowest BCUT2D eigenvalue weighted by atomic mass is 10.1. The van der Waals surface area contributed by atoms with E-state index in [9.17, 15) is 0 Å². The number of aromatic nitrogens is 3. The lowest BCUT2D eigenvalue weighted by Gasteiger charge is -2.38. The third kappa shape index (κ3) is 4.03. The number of rotatable bonds is 5. The van der Waals surface area contributed by atoms with Crippen LogP contribution < -0.4 is 4.90 Å². The molecule has 6 heteroatoms. The Balaban J connectivity index is 1.60. The van der Waals surface area contributed by atoms with Crippen LogP contribution in [0, 0.1) is 0 Å². The normalized spacial score (nSPS) is 20.2. The van der Waals surface area contributed by atoms with E-state index in [1.807, 2.05) is 37.6 Å². The second kappa shape index (κ2) is 7.48. The summed E-state index contributed by atoms with van der Waals surface area (Å²) >= 11 is 0. The second-order valence-corrected chi connectivity index (χ2v) is 5.91. The molecule has 2 atom stereocenters. The van der Waals surface area contributed by atoms with E-state index in [1.54, 1.807) is 6.20 Å². The third-order valence-electron chi connectivity index (χ3n) is 4.31. The van der Waals surface area contributed by atoms with Crippen LogP contribution in [0.4, 0.5) is 5.82 Å². The van der Waals surface area contributed by atoms with E-state index in [0.717, 1.165) is 32.1 Å². The predicted octanol–water partition coefficient (Wildman–Crippen LogP) is 1.77. The molecule has 0 aromatic carbocycles. The Hall–Kier alpha value is -2.05. The lowest BCUT2D eigenvalue weighted by Crippen LogP contribution is -2.47. The van der Waals surface area contributed by atoms with Crippen molar-refractivity contribution in [3.63, 3.8) is 0 Å². The minimum Gasteiger partial charge on any atom is -0.374 e. The Morgan fingerprint density at radius 3 is 2.96 bits per heavy atom. The number of ether oxygens (including phenoxy) is 1. The maximum absolute atomic E-state index is 5.94. The molecule has 3 rings (SSSR count). The Morgan fingerprint density at radius 1 is 1.35 bits per heavy atom. The average molecular weight is 313 g/mol. The third-order valence-corrected chi connectivity index (χ3v) is 4.31. The maximum Gasteiger partial charge on any atom is 0.151 e. The van der Waals surface area contributed by atoms with Crippen molar-refractivity contribution in [2.24, 2.45) is 0 Å². The molecule has 2 aromatic heterocycles. The monoisotopic (exact) mass is 313 g/mol. The van der Waals surface area contributed by atoms with Gasteiger partial charge in [0.25, 0.3) is 0 Å². The first kappa shape index (κ1) is 15.8. The smallest absolute Gasteiger partial charge is 0.151 e. The van der Waals surface area contributed by atoms with Crippen molar-refractivity contribution in [1.29, 1.82) is 0 Å². The summed E-state index contributed by atoms with van der Waals surface area (Å²) in [6, 6.07) is 8.33. The molecule has 1 aliphatic rings. The molecule has 0 aliphatic carbocycles. The molecule has 0 radical (unpaired) electrons.